The van der Waals surface area contributed by atoms with Gasteiger partial charge in [-0.2, -0.15) is 0 Å². The van der Waals surface area contributed by atoms with Gasteiger partial charge in [-0.1, -0.05) is 60.2 Å². The fourth-order valence-electron chi connectivity index (χ4n) is 5.71. The lowest BCUT2D eigenvalue weighted by Gasteiger charge is -2.30. The second-order valence-corrected chi connectivity index (χ2v) is 10.8. The summed E-state index contributed by atoms with van der Waals surface area (Å²) in [6.45, 7) is 3.63. The molecule has 0 aliphatic carbocycles. The number of carbonyl (C=O) groups is 2. The summed E-state index contributed by atoms with van der Waals surface area (Å²) in [6, 6.07) is 24.9. The molecule has 0 unspecified atom stereocenters. The van der Waals surface area contributed by atoms with Gasteiger partial charge < -0.3 is 4.90 Å². The quantitative estimate of drug-likeness (QED) is 0.310. The number of imide groups is 1. The molecular formula is C31H30N2O2S. The predicted octanol–water partition coefficient (Wildman–Crippen LogP) is 6.27. The molecule has 4 nitrogen and oxygen atoms in total. The molecule has 3 aromatic carbocycles. The summed E-state index contributed by atoms with van der Waals surface area (Å²) >= 11 is 1.94. The SMILES string of the molecule is O=C1c2ccccc2C(=O)N1CCCCN1CCC(=C2c3ccccc3CSc3ccccc32)CC1. The molecule has 2 amide bonds. The first-order valence-corrected chi connectivity index (χ1v) is 13.9. The highest BCUT2D eigenvalue weighted by atomic mass is 32.2. The van der Waals surface area contributed by atoms with Gasteiger partial charge in [0.05, 0.1) is 11.1 Å². The maximum Gasteiger partial charge on any atom is 0.261 e. The van der Waals surface area contributed by atoms with Gasteiger partial charge in [-0.25, -0.2) is 0 Å². The molecule has 0 spiro atoms. The van der Waals surface area contributed by atoms with E-state index in [4.69, 9.17) is 0 Å². The van der Waals surface area contributed by atoms with Crippen LogP contribution < -0.4 is 0 Å². The van der Waals surface area contributed by atoms with Crippen LogP contribution in [0.4, 0.5) is 0 Å². The van der Waals surface area contributed by atoms with E-state index in [9.17, 15) is 9.59 Å². The van der Waals surface area contributed by atoms with E-state index in [2.05, 4.69) is 53.4 Å². The van der Waals surface area contributed by atoms with Gasteiger partial charge in [-0.15, -0.1) is 11.8 Å². The molecule has 0 bridgehead atoms. The summed E-state index contributed by atoms with van der Waals surface area (Å²) in [5.41, 5.74) is 8.32. The van der Waals surface area contributed by atoms with E-state index in [0.29, 0.717) is 17.7 Å². The predicted molar refractivity (Wildman–Crippen MR) is 145 cm³/mol. The van der Waals surface area contributed by atoms with E-state index in [1.54, 1.807) is 17.7 Å². The number of unbranched alkanes of at least 4 members (excludes halogenated alkanes) is 1. The molecule has 182 valence electrons. The summed E-state index contributed by atoms with van der Waals surface area (Å²) in [6.07, 6.45) is 4.00. The van der Waals surface area contributed by atoms with Gasteiger partial charge in [0.2, 0.25) is 0 Å². The zero-order valence-electron chi connectivity index (χ0n) is 20.4. The summed E-state index contributed by atoms with van der Waals surface area (Å²) in [5.74, 6) is 0.724. The van der Waals surface area contributed by atoms with Gasteiger partial charge >= 0.3 is 0 Å². The molecule has 1 saturated heterocycles. The van der Waals surface area contributed by atoms with Crippen LogP contribution in [0.15, 0.2) is 83.3 Å². The maximum atomic E-state index is 12.6. The highest BCUT2D eigenvalue weighted by Crippen LogP contribution is 2.43. The summed E-state index contributed by atoms with van der Waals surface area (Å²) in [4.78, 5) is 30.5. The smallest absolute Gasteiger partial charge is 0.261 e. The third-order valence-electron chi connectivity index (χ3n) is 7.62. The van der Waals surface area contributed by atoms with E-state index in [-0.39, 0.29) is 11.8 Å². The average Bonchev–Trinajstić information content (AvgIpc) is 3.06. The van der Waals surface area contributed by atoms with Crippen LogP contribution in [-0.4, -0.2) is 47.8 Å². The van der Waals surface area contributed by atoms with Crippen molar-refractivity contribution in [3.05, 3.63) is 106 Å². The molecule has 0 aromatic heterocycles. The maximum absolute atomic E-state index is 12.6. The Labute approximate surface area is 217 Å². The summed E-state index contributed by atoms with van der Waals surface area (Å²) in [5, 5.41) is 0. The topological polar surface area (TPSA) is 40.6 Å². The van der Waals surface area contributed by atoms with Crippen LogP contribution in [0.25, 0.3) is 5.57 Å². The zero-order chi connectivity index (χ0) is 24.5. The van der Waals surface area contributed by atoms with Gasteiger partial charge in [0.1, 0.15) is 0 Å². The fourth-order valence-corrected chi connectivity index (χ4v) is 6.78. The van der Waals surface area contributed by atoms with Crippen LogP contribution in [0.2, 0.25) is 0 Å². The third kappa shape index (κ3) is 4.31. The molecule has 6 rings (SSSR count). The number of piperidine rings is 1. The monoisotopic (exact) mass is 494 g/mol. The number of fused-ring (bicyclic) bond motifs is 3. The van der Waals surface area contributed by atoms with Crippen LogP contribution in [0.1, 0.15) is 63.1 Å². The van der Waals surface area contributed by atoms with Crippen molar-refractivity contribution < 1.29 is 9.59 Å². The molecule has 3 heterocycles. The minimum Gasteiger partial charge on any atom is -0.303 e. The van der Waals surface area contributed by atoms with Crippen LogP contribution in [0, 0.1) is 0 Å². The Bertz CT molecular complexity index is 1270. The Morgan fingerprint density at radius 1 is 0.667 bits per heavy atom. The fraction of sp³-hybridized carbons (Fsp3) is 0.290. The van der Waals surface area contributed by atoms with Crippen molar-refractivity contribution in [1.82, 2.24) is 9.80 Å². The van der Waals surface area contributed by atoms with Crippen LogP contribution in [0.5, 0.6) is 0 Å². The second kappa shape index (κ2) is 10.1. The molecule has 0 radical (unpaired) electrons. The Hall–Kier alpha value is -3.15. The number of nitrogens with zero attached hydrogens (tertiary/aromatic N) is 2. The minimum atomic E-state index is -0.146. The van der Waals surface area contributed by atoms with Gasteiger partial charge in [-0.05, 0) is 72.7 Å². The highest BCUT2D eigenvalue weighted by Gasteiger charge is 2.34. The Morgan fingerprint density at radius 3 is 1.97 bits per heavy atom. The van der Waals surface area contributed by atoms with E-state index in [1.165, 1.54) is 32.1 Å². The molecular weight excluding hydrogens is 464 g/mol. The number of likely N-dealkylation sites (tertiary alicyclic amines) is 1. The largest absolute Gasteiger partial charge is 0.303 e. The molecule has 0 saturated carbocycles. The number of benzene rings is 3. The first-order chi connectivity index (χ1) is 17.7. The van der Waals surface area contributed by atoms with E-state index in [1.807, 2.05) is 23.9 Å². The van der Waals surface area contributed by atoms with Gasteiger partial charge in [0, 0.05) is 30.3 Å². The Balaban J connectivity index is 1.09. The van der Waals surface area contributed by atoms with E-state index in [0.717, 1.165) is 51.1 Å². The van der Waals surface area contributed by atoms with Crippen molar-refractivity contribution in [3.63, 3.8) is 0 Å². The van der Waals surface area contributed by atoms with Gasteiger partial charge in [0.15, 0.2) is 0 Å². The normalized spacial score (nSPS) is 17.6. The first-order valence-electron chi connectivity index (χ1n) is 12.9. The van der Waals surface area contributed by atoms with Crippen LogP contribution in [-0.2, 0) is 5.75 Å². The van der Waals surface area contributed by atoms with Crippen molar-refractivity contribution in [2.45, 2.75) is 36.3 Å². The lowest BCUT2D eigenvalue weighted by Crippen LogP contribution is -2.33. The number of amides is 2. The number of rotatable bonds is 5. The van der Waals surface area contributed by atoms with E-state index < -0.39 is 0 Å². The Kier molecular flexibility index (Phi) is 6.51. The molecule has 3 aromatic rings. The molecule has 1 fully saturated rings. The minimum absolute atomic E-state index is 0.146. The molecule has 3 aliphatic heterocycles. The molecule has 0 N–H and O–H groups in total. The highest BCUT2D eigenvalue weighted by molar-refractivity contribution is 7.98. The number of carbonyl (C=O) groups excluding carboxylic acids is 2. The second-order valence-electron chi connectivity index (χ2n) is 9.78. The summed E-state index contributed by atoms with van der Waals surface area (Å²) < 4.78 is 0. The number of thioether (sulfide) groups is 1. The van der Waals surface area contributed by atoms with Crippen molar-refractivity contribution in [3.8, 4) is 0 Å². The van der Waals surface area contributed by atoms with Crippen LogP contribution >= 0.6 is 11.8 Å². The zero-order valence-corrected chi connectivity index (χ0v) is 21.2. The van der Waals surface area contributed by atoms with Gasteiger partial charge in [0.25, 0.3) is 11.8 Å². The molecule has 36 heavy (non-hydrogen) atoms. The number of hydrogen-bond donors (Lipinski definition) is 0. The standard InChI is InChI=1S/C31H30N2O2S/c34-30-25-11-3-4-12-26(25)31(35)33(30)18-8-7-17-32-19-15-22(16-20-32)29-24-10-2-1-9-23(24)21-36-28-14-6-5-13-27(28)29/h1-6,9-14H,7-8,15-21H2. The Morgan fingerprint density at radius 2 is 1.25 bits per heavy atom. The lowest BCUT2D eigenvalue weighted by atomic mass is 9.86. The molecule has 5 heteroatoms. The first kappa shape index (κ1) is 23.3. The van der Waals surface area contributed by atoms with Crippen molar-refractivity contribution >= 4 is 29.1 Å². The van der Waals surface area contributed by atoms with Crippen LogP contribution in [0.3, 0.4) is 0 Å². The van der Waals surface area contributed by atoms with Crippen molar-refractivity contribution in [2.75, 3.05) is 26.2 Å². The summed E-state index contributed by atoms with van der Waals surface area (Å²) in [7, 11) is 0. The van der Waals surface area contributed by atoms with E-state index >= 15 is 0 Å². The average molecular weight is 495 g/mol. The lowest BCUT2D eigenvalue weighted by molar-refractivity contribution is 0.0650. The molecule has 3 aliphatic rings. The third-order valence-corrected chi connectivity index (χ3v) is 8.75. The van der Waals surface area contributed by atoms with Crippen molar-refractivity contribution in [1.29, 1.82) is 0 Å². The number of hydrogen-bond acceptors (Lipinski definition) is 4. The molecule has 0 atom stereocenters. The van der Waals surface area contributed by atoms with Crippen molar-refractivity contribution in [2.24, 2.45) is 0 Å². The van der Waals surface area contributed by atoms with Gasteiger partial charge in [-0.3, -0.25) is 14.5 Å².